The number of guanidine groups is 1. The number of hydrogen-bond acceptors (Lipinski definition) is 3. The minimum Gasteiger partial charge on any atom is -0.380 e. The third-order valence-electron chi connectivity index (χ3n) is 4.08. The Kier molecular flexibility index (Phi) is 20.3. The van der Waals surface area contributed by atoms with E-state index in [4.69, 9.17) is 4.74 Å². The molecule has 0 aromatic rings. The van der Waals surface area contributed by atoms with Crippen LogP contribution in [0, 0.1) is 5.92 Å². The van der Waals surface area contributed by atoms with Crippen molar-refractivity contribution in [2.45, 2.75) is 66.8 Å². The highest BCUT2D eigenvalue weighted by Crippen LogP contribution is 2.00. The molecule has 0 saturated carbocycles. The third-order valence-corrected chi connectivity index (χ3v) is 4.08. The zero-order valence-corrected chi connectivity index (χ0v) is 19.8. The monoisotopic (exact) mass is 470 g/mol. The van der Waals surface area contributed by atoms with Gasteiger partial charge in [0.15, 0.2) is 5.96 Å². The van der Waals surface area contributed by atoms with Crippen LogP contribution in [0.15, 0.2) is 4.99 Å². The molecule has 6 heteroatoms. The fourth-order valence-electron chi connectivity index (χ4n) is 2.43. The molecule has 0 aromatic heterocycles. The van der Waals surface area contributed by atoms with Crippen molar-refractivity contribution < 1.29 is 4.74 Å². The summed E-state index contributed by atoms with van der Waals surface area (Å²) in [4.78, 5) is 7.08. The molecular weight excluding hydrogens is 427 g/mol. The average molecular weight is 470 g/mol. The van der Waals surface area contributed by atoms with E-state index in [2.05, 4.69) is 62.1 Å². The third kappa shape index (κ3) is 17.1. The molecule has 0 saturated heterocycles. The van der Waals surface area contributed by atoms with E-state index in [0.29, 0.717) is 25.1 Å². The lowest BCUT2D eigenvalue weighted by atomic mass is 10.1. The summed E-state index contributed by atoms with van der Waals surface area (Å²) in [5.74, 6) is 1.60. The maximum absolute atomic E-state index is 5.63. The van der Waals surface area contributed by atoms with Crippen molar-refractivity contribution >= 4 is 29.9 Å². The van der Waals surface area contributed by atoms with Gasteiger partial charge in [-0.15, -0.1) is 24.0 Å². The Morgan fingerprint density at radius 3 is 2.28 bits per heavy atom. The summed E-state index contributed by atoms with van der Waals surface area (Å²) < 4.78 is 5.63. The molecule has 0 heterocycles. The summed E-state index contributed by atoms with van der Waals surface area (Å²) in [6.07, 6.45) is 3.49. The Hall–Kier alpha value is -0.0800. The number of halogens is 1. The van der Waals surface area contributed by atoms with Crippen LogP contribution < -0.4 is 10.6 Å². The van der Waals surface area contributed by atoms with Gasteiger partial charge in [0, 0.05) is 19.2 Å². The molecule has 2 N–H and O–H groups in total. The molecule has 5 nitrogen and oxygen atoms in total. The molecule has 152 valence electrons. The minimum absolute atomic E-state index is 0. The number of ether oxygens (including phenoxy) is 1. The topological polar surface area (TPSA) is 48.9 Å². The SMILES string of the molecule is CCNC(=NCCOCCC(C)C)NC(C)CCCN(CC)CC.I. The highest BCUT2D eigenvalue weighted by molar-refractivity contribution is 14.0. The van der Waals surface area contributed by atoms with Crippen LogP contribution in [-0.2, 0) is 4.74 Å². The Labute approximate surface area is 173 Å². The minimum atomic E-state index is 0. The van der Waals surface area contributed by atoms with Crippen molar-refractivity contribution in [3.8, 4) is 0 Å². The van der Waals surface area contributed by atoms with Crippen LogP contribution in [0.4, 0.5) is 0 Å². The molecule has 0 aliphatic heterocycles. The van der Waals surface area contributed by atoms with Crippen molar-refractivity contribution in [3.63, 3.8) is 0 Å². The molecule has 0 spiro atoms. The second kappa shape index (κ2) is 18.7. The van der Waals surface area contributed by atoms with Crippen LogP contribution in [0.5, 0.6) is 0 Å². The van der Waals surface area contributed by atoms with Crippen molar-refractivity contribution in [2.24, 2.45) is 10.9 Å². The van der Waals surface area contributed by atoms with E-state index in [0.717, 1.165) is 45.0 Å². The highest BCUT2D eigenvalue weighted by atomic mass is 127. The first-order chi connectivity index (χ1) is 11.5. The summed E-state index contributed by atoms with van der Waals surface area (Å²) in [5, 5.41) is 6.82. The predicted octanol–water partition coefficient (Wildman–Crippen LogP) is 3.73. The van der Waals surface area contributed by atoms with Gasteiger partial charge < -0.3 is 20.3 Å². The average Bonchev–Trinajstić information content (AvgIpc) is 2.54. The van der Waals surface area contributed by atoms with Gasteiger partial charge in [-0.05, 0) is 58.7 Å². The molecular formula is C19H43IN4O. The molecule has 1 atom stereocenters. The van der Waals surface area contributed by atoms with Crippen molar-refractivity contribution in [3.05, 3.63) is 0 Å². The second-order valence-corrected chi connectivity index (χ2v) is 6.77. The van der Waals surface area contributed by atoms with Gasteiger partial charge in [-0.25, -0.2) is 0 Å². The van der Waals surface area contributed by atoms with E-state index in [1.54, 1.807) is 0 Å². The number of nitrogens with one attached hydrogen (secondary N) is 2. The fourth-order valence-corrected chi connectivity index (χ4v) is 2.43. The van der Waals surface area contributed by atoms with Crippen LogP contribution in [-0.4, -0.2) is 62.8 Å². The van der Waals surface area contributed by atoms with Crippen molar-refractivity contribution in [1.29, 1.82) is 0 Å². The Balaban J connectivity index is 0. The van der Waals surface area contributed by atoms with Gasteiger partial charge >= 0.3 is 0 Å². The molecule has 0 aromatic carbocycles. The highest BCUT2D eigenvalue weighted by Gasteiger charge is 2.06. The lowest BCUT2D eigenvalue weighted by Crippen LogP contribution is -2.42. The van der Waals surface area contributed by atoms with Crippen LogP contribution >= 0.6 is 24.0 Å². The van der Waals surface area contributed by atoms with Gasteiger partial charge in [-0.2, -0.15) is 0 Å². The quantitative estimate of drug-likeness (QED) is 0.176. The van der Waals surface area contributed by atoms with Gasteiger partial charge in [0.25, 0.3) is 0 Å². The van der Waals surface area contributed by atoms with E-state index < -0.39 is 0 Å². The normalized spacial score (nSPS) is 13.0. The Bertz CT molecular complexity index is 310. The molecule has 0 aliphatic carbocycles. The van der Waals surface area contributed by atoms with E-state index in [9.17, 15) is 0 Å². The second-order valence-electron chi connectivity index (χ2n) is 6.77. The Morgan fingerprint density at radius 2 is 1.72 bits per heavy atom. The first kappa shape index (κ1) is 27.1. The summed E-state index contributed by atoms with van der Waals surface area (Å²) in [7, 11) is 0. The van der Waals surface area contributed by atoms with Crippen LogP contribution in [0.2, 0.25) is 0 Å². The molecule has 0 radical (unpaired) electrons. The molecule has 0 amide bonds. The number of rotatable bonds is 14. The fraction of sp³-hybridized carbons (Fsp3) is 0.947. The standard InChI is InChI=1S/C19H42N4O.HI/c1-7-20-19(21-13-16-24-15-12-17(4)5)22-18(6)11-10-14-23(8-2)9-3;/h17-18H,7-16H2,1-6H3,(H2,20,21,22);1H. The van der Waals surface area contributed by atoms with Crippen molar-refractivity contribution in [2.75, 3.05) is 45.9 Å². The molecule has 1 unspecified atom stereocenters. The van der Waals surface area contributed by atoms with E-state index in [1.807, 2.05) is 0 Å². The molecule has 0 bridgehead atoms. The molecule has 0 aliphatic rings. The maximum atomic E-state index is 5.63. The first-order valence-corrected chi connectivity index (χ1v) is 9.88. The maximum Gasteiger partial charge on any atom is 0.191 e. The smallest absolute Gasteiger partial charge is 0.191 e. The van der Waals surface area contributed by atoms with E-state index in [1.165, 1.54) is 13.0 Å². The van der Waals surface area contributed by atoms with Crippen LogP contribution in [0.3, 0.4) is 0 Å². The number of nitrogens with zero attached hydrogens (tertiary/aromatic N) is 2. The summed E-state index contributed by atoms with van der Waals surface area (Å²) >= 11 is 0. The van der Waals surface area contributed by atoms with Crippen molar-refractivity contribution in [1.82, 2.24) is 15.5 Å². The first-order valence-electron chi connectivity index (χ1n) is 9.88. The van der Waals surface area contributed by atoms with Gasteiger partial charge in [-0.3, -0.25) is 4.99 Å². The van der Waals surface area contributed by atoms with Gasteiger partial charge in [0.05, 0.1) is 13.2 Å². The summed E-state index contributed by atoms with van der Waals surface area (Å²) in [6.45, 7) is 19.8. The zero-order chi connectivity index (χ0) is 18.2. The van der Waals surface area contributed by atoms with Crippen LogP contribution in [0.1, 0.15) is 60.8 Å². The Morgan fingerprint density at radius 1 is 1.04 bits per heavy atom. The predicted molar refractivity (Wildman–Crippen MR) is 121 cm³/mol. The number of hydrogen-bond donors (Lipinski definition) is 2. The molecule has 0 rings (SSSR count). The summed E-state index contributed by atoms with van der Waals surface area (Å²) in [5.41, 5.74) is 0. The summed E-state index contributed by atoms with van der Waals surface area (Å²) in [6, 6.07) is 0.431. The van der Waals surface area contributed by atoms with E-state index in [-0.39, 0.29) is 24.0 Å². The van der Waals surface area contributed by atoms with Gasteiger partial charge in [0.2, 0.25) is 0 Å². The largest absolute Gasteiger partial charge is 0.380 e. The molecule has 0 fully saturated rings. The van der Waals surface area contributed by atoms with Gasteiger partial charge in [-0.1, -0.05) is 27.7 Å². The zero-order valence-electron chi connectivity index (χ0n) is 17.4. The van der Waals surface area contributed by atoms with Crippen LogP contribution in [0.25, 0.3) is 0 Å². The number of aliphatic imine (C=N–C) groups is 1. The van der Waals surface area contributed by atoms with E-state index >= 15 is 0 Å². The lowest BCUT2D eigenvalue weighted by molar-refractivity contribution is 0.130. The lowest BCUT2D eigenvalue weighted by Gasteiger charge is -2.21. The molecule has 25 heavy (non-hydrogen) atoms. The van der Waals surface area contributed by atoms with Gasteiger partial charge in [0.1, 0.15) is 0 Å².